The summed E-state index contributed by atoms with van der Waals surface area (Å²) in [6.07, 6.45) is 4.82. The van der Waals surface area contributed by atoms with Crippen molar-refractivity contribution in [3.63, 3.8) is 0 Å². The molecule has 1 aromatic carbocycles. The van der Waals surface area contributed by atoms with Gasteiger partial charge in [0.25, 0.3) is 5.91 Å². The number of hydrogen-bond acceptors (Lipinski definition) is 6. The molecule has 28 heavy (non-hydrogen) atoms. The number of hydrazine groups is 1. The van der Waals surface area contributed by atoms with Crippen LogP contribution in [0.1, 0.15) is 50.1 Å². The van der Waals surface area contributed by atoms with E-state index in [1.807, 2.05) is 24.3 Å². The van der Waals surface area contributed by atoms with Crippen molar-refractivity contribution in [2.45, 2.75) is 56.1 Å². The van der Waals surface area contributed by atoms with Crippen LogP contribution in [0.15, 0.2) is 28.7 Å². The lowest BCUT2D eigenvalue weighted by Gasteiger charge is -2.38. The molecule has 0 radical (unpaired) electrons. The van der Waals surface area contributed by atoms with Crippen molar-refractivity contribution < 1.29 is 14.3 Å². The van der Waals surface area contributed by atoms with Gasteiger partial charge in [-0.25, -0.2) is 10.9 Å². The fourth-order valence-electron chi connectivity index (χ4n) is 3.85. The van der Waals surface area contributed by atoms with Gasteiger partial charge in [-0.1, -0.05) is 47.3 Å². The standard InChI is InChI=1S/C20H25BrN4O3/c1-25(20(13-22)9-3-2-4-10-20)18(26)12-28-19(27)17-11-16(23-24-17)14-5-7-15(21)8-6-14/h5-8,16-17,23-24H,2-4,9-12H2,1H3. The molecule has 150 valence electrons. The zero-order valence-corrected chi connectivity index (χ0v) is 17.5. The van der Waals surface area contributed by atoms with Crippen LogP contribution >= 0.6 is 15.9 Å². The Morgan fingerprint density at radius 2 is 1.93 bits per heavy atom. The number of carbonyl (C=O) groups is 2. The first kappa shape index (κ1) is 20.8. The summed E-state index contributed by atoms with van der Waals surface area (Å²) < 4.78 is 6.24. The van der Waals surface area contributed by atoms with E-state index in [2.05, 4.69) is 32.9 Å². The number of rotatable bonds is 5. The Morgan fingerprint density at radius 1 is 1.25 bits per heavy atom. The second-order valence-electron chi connectivity index (χ2n) is 7.45. The van der Waals surface area contributed by atoms with E-state index in [0.717, 1.165) is 29.3 Å². The zero-order valence-electron chi connectivity index (χ0n) is 15.9. The van der Waals surface area contributed by atoms with Crippen LogP contribution < -0.4 is 10.9 Å². The predicted molar refractivity (Wildman–Crippen MR) is 107 cm³/mol. The SMILES string of the molecule is CN(C(=O)COC(=O)C1CC(c2ccc(Br)cc2)NN1)C1(C#N)CCCCC1. The quantitative estimate of drug-likeness (QED) is 0.672. The third kappa shape index (κ3) is 4.54. The maximum atomic E-state index is 12.5. The first-order chi connectivity index (χ1) is 13.4. The topological polar surface area (TPSA) is 94.5 Å². The number of halogens is 1. The number of likely N-dealkylation sites (N-methyl/N-ethyl adjacent to an activating group) is 1. The number of esters is 1. The summed E-state index contributed by atoms with van der Waals surface area (Å²) in [6, 6.07) is 9.66. The van der Waals surface area contributed by atoms with E-state index in [-0.39, 0.29) is 18.6 Å². The predicted octanol–water partition coefficient (Wildman–Crippen LogP) is 2.58. The lowest BCUT2D eigenvalue weighted by Crippen LogP contribution is -2.51. The molecule has 1 aliphatic heterocycles. The first-order valence-corrected chi connectivity index (χ1v) is 10.4. The fraction of sp³-hybridized carbons (Fsp3) is 0.550. The third-order valence-corrected chi connectivity index (χ3v) is 6.23. The van der Waals surface area contributed by atoms with Crippen molar-refractivity contribution in [3.8, 4) is 6.07 Å². The molecule has 2 aliphatic rings. The number of nitrogens with one attached hydrogen (secondary N) is 2. The van der Waals surface area contributed by atoms with Gasteiger partial charge in [0.2, 0.25) is 0 Å². The van der Waals surface area contributed by atoms with E-state index in [9.17, 15) is 14.9 Å². The molecule has 2 atom stereocenters. The molecule has 1 heterocycles. The van der Waals surface area contributed by atoms with Gasteiger partial charge in [0, 0.05) is 17.6 Å². The van der Waals surface area contributed by atoms with E-state index in [0.29, 0.717) is 19.3 Å². The number of carbonyl (C=O) groups excluding carboxylic acids is 2. The Bertz CT molecular complexity index is 756. The molecule has 1 saturated carbocycles. The monoisotopic (exact) mass is 448 g/mol. The van der Waals surface area contributed by atoms with Crippen LogP contribution in [-0.2, 0) is 14.3 Å². The molecule has 2 unspecified atom stereocenters. The molecule has 1 aromatic rings. The Balaban J connectivity index is 1.50. The van der Waals surface area contributed by atoms with Gasteiger partial charge in [0.1, 0.15) is 11.6 Å². The van der Waals surface area contributed by atoms with Crippen molar-refractivity contribution in [3.05, 3.63) is 34.3 Å². The lowest BCUT2D eigenvalue weighted by atomic mass is 9.81. The van der Waals surface area contributed by atoms with E-state index in [1.165, 1.54) is 4.90 Å². The van der Waals surface area contributed by atoms with E-state index >= 15 is 0 Å². The highest BCUT2D eigenvalue weighted by Crippen LogP contribution is 2.32. The summed E-state index contributed by atoms with van der Waals surface area (Å²) in [4.78, 5) is 26.3. The summed E-state index contributed by atoms with van der Waals surface area (Å²) in [7, 11) is 1.63. The van der Waals surface area contributed by atoms with Crippen molar-refractivity contribution in [1.29, 1.82) is 5.26 Å². The highest BCUT2D eigenvalue weighted by Gasteiger charge is 2.39. The minimum atomic E-state index is -0.776. The maximum Gasteiger partial charge on any atom is 0.325 e. The van der Waals surface area contributed by atoms with Crippen molar-refractivity contribution in [2.24, 2.45) is 0 Å². The second-order valence-corrected chi connectivity index (χ2v) is 8.36. The number of benzene rings is 1. The number of ether oxygens (including phenoxy) is 1. The molecule has 0 spiro atoms. The summed E-state index contributed by atoms with van der Waals surface area (Å²) in [5, 5.41) is 9.59. The number of amides is 1. The van der Waals surface area contributed by atoms with Crippen molar-refractivity contribution in [1.82, 2.24) is 15.8 Å². The van der Waals surface area contributed by atoms with Gasteiger partial charge < -0.3 is 9.64 Å². The molecular formula is C20H25BrN4O3. The van der Waals surface area contributed by atoms with Gasteiger partial charge >= 0.3 is 5.97 Å². The molecular weight excluding hydrogens is 424 g/mol. The second kappa shape index (κ2) is 9.03. The molecule has 1 amide bonds. The number of nitriles is 1. The van der Waals surface area contributed by atoms with E-state index in [4.69, 9.17) is 4.74 Å². The first-order valence-electron chi connectivity index (χ1n) is 9.56. The van der Waals surface area contributed by atoms with Gasteiger partial charge in [0.05, 0.1) is 6.07 Å². The molecule has 7 nitrogen and oxygen atoms in total. The average Bonchev–Trinajstić information content (AvgIpc) is 3.22. The summed E-state index contributed by atoms with van der Waals surface area (Å²) >= 11 is 3.41. The smallest absolute Gasteiger partial charge is 0.325 e. The molecule has 0 bridgehead atoms. The molecule has 1 saturated heterocycles. The maximum absolute atomic E-state index is 12.5. The fourth-order valence-corrected chi connectivity index (χ4v) is 4.12. The van der Waals surface area contributed by atoms with E-state index in [1.54, 1.807) is 7.05 Å². The van der Waals surface area contributed by atoms with Gasteiger partial charge in [-0.3, -0.25) is 9.59 Å². The summed E-state index contributed by atoms with van der Waals surface area (Å²) in [5.74, 6) is -0.810. The number of nitrogens with zero attached hydrogens (tertiary/aromatic N) is 2. The van der Waals surface area contributed by atoms with Crippen LogP contribution in [0.25, 0.3) is 0 Å². The van der Waals surface area contributed by atoms with Crippen LogP contribution in [0.2, 0.25) is 0 Å². The minimum absolute atomic E-state index is 0.00637. The molecule has 3 rings (SSSR count). The number of hydrogen-bond donors (Lipinski definition) is 2. The summed E-state index contributed by atoms with van der Waals surface area (Å²) in [5.41, 5.74) is 6.33. The van der Waals surface area contributed by atoms with Crippen LogP contribution in [0, 0.1) is 11.3 Å². The Kier molecular flexibility index (Phi) is 6.70. The normalized spacial score (nSPS) is 23.6. The van der Waals surface area contributed by atoms with Crippen LogP contribution in [0.3, 0.4) is 0 Å². The zero-order chi connectivity index (χ0) is 20.1. The van der Waals surface area contributed by atoms with E-state index < -0.39 is 17.6 Å². The highest BCUT2D eigenvalue weighted by molar-refractivity contribution is 9.10. The van der Waals surface area contributed by atoms with Gasteiger partial charge in [-0.2, -0.15) is 5.26 Å². The van der Waals surface area contributed by atoms with Crippen molar-refractivity contribution >= 4 is 27.8 Å². The van der Waals surface area contributed by atoms with Gasteiger partial charge in [0.15, 0.2) is 6.61 Å². The van der Waals surface area contributed by atoms with Crippen LogP contribution in [0.4, 0.5) is 0 Å². The molecule has 1 aliphatic carbocycles. The highest BCUT2D eigenvalue weighted by atomic mass is 79.9. The summed E-state index contributed by atoms with van der Waals surface area (Å²) in [6.45, 7) is -0.347. The average molecular weight is 449 g/mol. The lowest BCUT2D eigenvalue weighted by molar-refractivity contribution is -0.155. The third-order valence-electron chi connectivity index (χ3n) is 5.70. The Morgan fingerprint density at radius 3 is 2.57 bits per heavy atom. The largest absolute Gasteiger partial charge is 0.454 e. The van der Waals surface area contributed by atoms with Crippen LogP contribution in [0.5, 0.6) is 0 Å². The van der Waals surface area contributed by atoms with Crippen molar-refractivity contribution in [2.75, 3.05) is 13.7 Å². The molecule has 2 fully saturated rings. The Hall–Kier alpha value is -1.95. The van der Waals surface area contributed by atoms with Gasteiger partial charge in [-0.15, -0.1) is 0 Å². The van der Waals surface area contributed by atoms with Gasteiger partial charge in [-0.05, 0) is 37.0 Å². The van der Waals surface area contributed by atoms with Crippen LogP contribution in [-0.4, -0.2) is 42.0 Å². The molecule has 0 aromatic heterocycles. The molecule has 8 heteroatoms. The minimum Gasteiger partial charge on any atom is -0.454 e. The molecule has 2 N–H and O–H groups in total. The Labute approximate surface area is 173 Å².